The van der Waals surface area contributed by atoms with Gasteiger partial charge in [-0.2, -0.15) is 43.9 Å². The van der Waals surface area contributed by atoms with Crippen LogP contribution in [-0.4, -0.2) is 46.0 Å². The number of para-hydroxylation sites is 1. The Bertz CT molecular complexity index is 842. The summed E-state index contributed by atoms with van der Waals surface area (Å²) in [5.41, 5.74) is -11.3. The van der Waals surface area contributed by atoms with Crippen LogP contribution in [0.15, 0.2) is 24.3 Å². The quantitative estimate of drug-likeness (QED) is 0.500. The molecule has 0 aromatic heterocycles. The van der Waals surface area contributed by atoms with Gasteiger partial charge in [-0.25, -0.2) is 4.39 Å². The molecule has 1 fully saturated rings. The number of ether oxygens (including phenoxy) is 1. The van der Waals surface area contributed by atoms with Crippen molar-refractivity contribution in [3.05, 3.63) is 29.8 Å². The zero-order valence-electron chi connectivity index (χ0n) is 17.0. The molecule has 1 N–H and O–H groups in total. The van der Waals surface area contributed by atoms with E-state index in [0.29, 0.717) is 6.92 Å². The normalized spacial score (nSPS) is 26.8. The first-order valence-corrected chi connectivity index (χ1v) is 9.00. The standard InChI is InChI=1S/C19H19F11O2/c1-12(2,3)32-11-8-6-5-7-10(11)13(4,31)9-14(20)15(21,22)17(25,26)19(29,30)18(27,28)16(14,23)24/h5-8,31H,9H2,1-4H3. The van der Waals surface area contributed by atoms with Crippen LogP contribution in [0.4, 0.5) is 48.3 Å². The molecule has 2 rings (SSSR count). The molecule has 1 atom stereocenters. The molecule has 0 bridgehead atoms. The number of alkyl halides is 11. The van der Waals surface area contributed by atoms with Gasteiger partial charge in [-0.15, -0.1) is 0 Å². The number of benzene rings is 1. The van der Waals surface area contributed by atoms with Crippen molar-refractivity contribution in [1.29, 1.82) is 0 Å². The van der Waals surface area contributed by atoms with Crippen LogP contribution in [0.25, 0.3) is 0 Å². The average molecular weight is 488 g/mol. The van der Waals surface area contributed by atoms with Crippen molar-refractivity contribution in [2.75, 3.05) is 0 Å². The summed E-state index contributed by atoms with van der Waals surface area (Å²) in [6.07, 6.45) is -2.80. The van der Waals surface area contributed by atoms with Gasteiger partial charge < -0.3 is 9.84 Å². The third-order valence-electron chi connectivity index (χ3n) is 5.04. The molecule has 32 heavy (non-hydrogen) atoms. The Balaban J connectivity index is 2.72. The first-order valence-electron chi connectivity index (χ1n) is 9.00. The average Bonchev–Trinajstić information content (AvgIpc) is 2.58. The highest BCUT2D eigenvalue weighted by molar-refractivity contribution is 5.39. The second-order valence-corrected chi connectivity index (χ2v) is 8.83. The monoisotopic (exact) mass is 488 g/mol. The fourth-order valence-electron chi connectivity index (χ4n) is 3.41. The van der Waals surface area contributed by atoms with E-state index in [0.717, 1.165) is 18.2 Å². The number of hydrogen-bond donors (Lipinski definition) is 1. The lowest BCUT2D eigenvalue weighted by molar-refractivity contribution is -0.488. The maximum absolute atomic E-state index is 15.1. The number of rotatable bonds is 4. The van der Waals surface area contributed by atoms with E-state index in [4.69, 9.17) is 4.74 Å². The van der Waals surface area contributed by atoms with Crippen LogP contribution in [0.3, 0.4) is 0 Å². The topological polar surface area (TPSA) is 29.5 Å². The van der Waals surface area contributed by atoms with Crippen molar-refractivity contribution >= 4 is 0 Å². The van der Waals surface area contributed by atoms with E-state index in [2.05, 4.69) is 0 Å². The minimum absolute atomic E-state index is 0.397. The minimum Gasteiger partial charge on any atom is -0.488 e. The molecule has 0 saturated heterocycles. The fraction of sp³-hybridized carbons (Fsp3) is 0.684. The van der Waals surface area contributed by atoms with Crippen LogP contribution in [0.1, 0.15) is 39.7 Å². The summed E-state index contributed by atoms with van der Waals surface area (Å²) >= 11 is 0. The van der Waals surface area contributed by atoms with E-state index < -0.39 is 64.2 Å². The molecule has 1 aliphatic rings. The molecule has 1 unspecified atom stereocenters. The highest BCUT2D eigenvalue weighted by Gasteiger charge is 3.01. The molecule has 1 aromatic carbocycles. The van der Waals surface area contributed by atoms with Gasteiger partial charge in [-0.1, -0.05) is 18.2 Å². The molecule has 0 heterocycles. The maximum atomic E-state index is 15.1. The molecule has 1 aliphatic carbocycles. The zero-order chi connectivity index (χ0) is 25.4. The van der Waals surface area contributed by atoms with Crippen molar-refractivity contribution in [3.63, 3.8) is 0 Å². The minimum atomic E-state index is -7.30. The summed E-state index contributed by atoms with van der Waals surface area (Å²) < 4.78 is 159. The van der Waals surface area contributed by atoms with Gasteiger partial charge in [-0.3, -0.25) is 0 Å². The predicted molar refractivity (Wildman–Crippen MR) is 89.6 cm³/mol. The van der Waals surface area contributed by atoms with Gasteiger partial charge in [0.25, 0.3) is 5.67 Å². The zero-order valence-corrected chi connectivity index (χ0v) is 17.0. The second kappa shape index (κ2) is 6.86. The van der Waals surface area contributed by atoms with Crippen molar-refractivity contribution < 1.29 is 58.1 Å². The van der Waals surface area contributed by atoms with Crippen molar-refractivity contribution in [1.82, 2.24) is 0 Å². The van der Waals surface area contributed by atoms with Gasteiger partial charge in [0, 0.05) is 12.0 Å². The van der Waals surface area contributed by atoms with E-state index >= 15 is 4.39 Å². The van der Waals surface area contributed by atoms with Gasteiger partial charge in [0.2, 0.25) is 0 Å². The predicted octanol–water partition coefficient (Wildman–Crippen LogP) is 6.36. The number of halogens is 11. The van der Waals surface area contributed by atoms with Gasteiger partial charge in [0.15, 0.2) is 0 Å². The Morgan fingerprint density at radius 3 is 1.47 bits per heavy atom. The lowest BCUT2D eigenvalue weighted by Crippen LogP contribution is -2.84. The van der Waals surface area contributed by atoms with Gasteiger partial charge in [-0.05, 0) is 33.8 Å². The molecule has 184 valence electrons. The van der Waals surface area contributed by atoms with E-state index in [1.807, 2.05) is 0 Å². The third-order valence-corrected chi connectivity index (χ3v) is 5.04. The fourth-order valence-corrected chi connectivity index (χ4v) is 3.41. The van der Waals surface area contributed by atoms with Gasteiger partial charge in [0.1, 0.15) is 11.4 Å². The van der Waals surface area contributed by atoms with E-state index in [1.165, 1.54) is 26.8 Å². The van der Waals surface area contributed by atoms with Crippen LogP contribution in [-0.2, 0) is 5.60 Å². The highest BCUT2D eigenvalue weighted by atomic mass is 19.4. The Morgan fingerprint density at radius 1 is 0.688 bits per heavy atom. The lowest BCUT2D eigenvalue weighted by atomic mass is 9.67. The maximum Gasteiger partial charge on any atom is 0.384 e. The Kier molecular flexibility index (Phi) is 5.67. The summed E-state index contributed by atoms with van der Waals surface area (Å²) in [4.78, 5) is 0. The molecular formula is C19H19F11O2. The third kappa shape index (κ3) is 3.25. The van der Waals surface area contributed by atoms with Crippen LogP contribution < -0.4 is 4.74 Å². The molecule has 13 heteroatoms. The molecule has 1 saturated carbocycles. The van der Waals surface area contributed by atoms with E-state index in [-0.39, 0.29) is 0 Å². The summed E-state index contributed by atoms with van der Waals surface area (Å²) in [6.45, 7) is 4.78. The van der Waals surface area contributed by atoms with Crippen LogP contribution >= 0.6 is 0 Å². The molecule has 0 amide bonds. The van der Waals surface area contributed by atoms with Crippen molar-refractivity contribution in [3.8, 4) is 5.75 Å². The first-order chi connectivity index (χ1) is 13.9. The Hall–Kier alpha value is -1.79. The van der Waals surface area contributed by atoms with Crippen molar-refractivity contribution in [2.45, 2.75) is 80.6 Å². The van der Waals surface area contributed by atoms with E-state index in [1.54, 1.807) is 0 Å². The Morgan fingerprint density at radius 2 is 1.06 bits per heavy atom. The molecular weight excluding hydrogens is 469 g/mol. The Labute approximate surface area is 175 Å². The summed E-state index contributed by atoms with van der Waals surface area (Å²) in [5.74, 6) is -36.2. The van der Waals surface area contributed by atoms with E-state index in [9.17, 15) is 49.0 Å². The van der Waals surface area contributed by atoms with Crippen LogP contribution in [0.5, 0.6) is 5.75 Å². The van der Waals surface area contributed by atoms with Crippen molar-refractivity contribution in [2.24, 2.45) is 0 Å². The largest absolute Gasteiger partial charge is 0.488 e. The molecule has 0 spiro atoms. The van der Waals surface area contributed by atoms with Crippen LogP contribution in [0, 0.1) is 0 Å². The highest BCUT2D eigenvalue weighted by Crippen LogP contribution is 2.71. The first kappa shape index (κ1) is 26.5. The van der Waals surface area contributed by atoms with Gasteiger partial charge in [0.05, 0.1) is 5.60 Å². The van der Waals surface area contributed by atoms with Gasteiger partial charge >= 0.3 is 29.6 Å². The van der Waals surface area contributed by atoms with Crippen LogP contribution in [0.2, 0.25) is 0 Å². The second-order valence-electron chi connectivity index (χ2n) is 8.83. The molecule has 0 aliphatic heterocycles. The molecule has 1 aromatic rings. The summed E-state index contributed by atoms with van der Waals surface area (Å²) in [5, 5.41) is 10.6. The number of hydrogen-bond acceptors (Lipinski definition) is 2. The number of aliphatic hydroxyl groups is 1. The molecule has 2 nitrogen and oxygen atoms in total. The lowest BCUT2D eigenvalue weighted by Gasteiger charge is -2.53. The molecule has 0 radical (unpaired) electrons. The SMILES string of the molecule is CC(C)(C)Oc1ccccc1C(C)(O)CC1(F)C(F)(F)C(F)(F)C(F)(F)C(F)(F)C1(F)F. The summed E-state index contributed by atoms with van der Waals surface area (Å²) in [7, 11) is 0. The summed E-state index contributed by atoms with van der Waals surface area (Å²) in [6, 6.07) is 4.29. The smallest absolute Gasteiger partial charge is 0.384 e.